The maximum atomic E-state index is 13.3. The molecule has 0 radical (unpaired) electrons. The first kappa shape index (κ1) is 13.4. The Morgan fingerprint density at radius 3 is 2.63 bits per heavy atom. The van der Waals surface area contributed by atoms with Crippen LogP contribution in [0.2, 0.25) is 0 Å². The van der Waals surface area contributed by atoms with E-state index >= 15 is 0 Å². The number of benzene rings is 2. The van der Waals surface area contributed by atoms with E-state index in [1.54, 1.807) is 12.1 Å². The summed E-state index contributed by atoms with van der Waals surface area (Å²) in [5.74, 6) is -0.378. The number of hydrogen-bond acceptors (Lipinski definition) is 2. The molecule has 0 fully saturated rings. The highest BCUT2D eigenvalue weighted by atomic mass is 19.1. The summed E-state index contributed by atoms with van der Waals surface area (Å²) >= 11 is 0. The van der Waals surface area contributed by atoms with Crippen molar-refractivity contribution in [2.75, 3.05) is 17.6 Å². The average Bonchev–Trinajstić information content (AvgIpc) is 2.38. The van der Waals surface area contributed by atoms with Gasteiger partial charge in [-0.05, 0) is 49.6 Å². The van der Waals surface area contributed by atoms with E-state index in [1.807, 2.05) is 0 Å². The van der Waals surface area contributed by atoms with Gasteiger partial charge in [-0.1, -0.05) is 23.8 Å². The molecule has 2 rings (SSSR count). The van der Waals surface area contributed by atoms with Crippen molar-refractivity contribution in [2.45, 2.75) is 20.3 Å². The van der Waals surface area contributed by atoms with Crippen molar-refractivity contribution in [3.05, 3.63) is 58.9 Å². The van der Waals surface area contributed by atoms with Gasteiger partial charge in [0.15, 0.2) is 0 Å². The fourth-order valence-electron chi connectivity index (χ4n) is 2.05. The zero-order chi connectivity index (χ0) is 13.8. The molecule has 2 aromatic rings. The molecule has 2 aromatic carbocycles. The standard InChI is InChI=1S/C16H19FN2/c1-11-3-4-12(2)13(9-11)7-8-19-14-5-6-16(18)15(17)10-14/h3-6,9-10,19H,7-8,18H2,1-2H3. The lowest BCUT2D eigenvalue weighted by molar-refractivity contribution is 0.633. The summed E-state index contributed by atoms with van der Waals surface area (Å²) < 4.78 is 13.3. The molecule has 0 aliphatic rings. The summed E-state index contributed by atoms with van der Waals surface area (Å²) in [6.45, 7) is 4.97. The van der Waals surface area contributed by atoms with Crippen LogP contribution in [-0.2, 0) is 6.42 Å². The smallest absolute Gasteiger partial charge is 0.148 e. The van der Waals surface area contributed by atoms with E-state index < -0.39 is 0 Å². The van der Waals surface area contributed by atoms with Crippen molar-refractivity contribution in [3.63, 3.8) is 0 Å². The lowest BCUT2D eigenvalue weighted by Gasteiger charge is -2.10. The highest BCUT2D eigenvalue weighted by Crippen LogP contribution is 2.16. The van der Waals surface area contributed by atoms with Gasteiger partial charge in [0.2, 0.25) is 0 Å². The third-order valence-corrected chi connectivity index (χ3v) is 3.23. The minimum atomic E-state index is -0.378. The van der Waals surface area contributed by atoms with E-state index in [4.69, 9.17) is 5.73 Å². The van der Waals surface area contributed by atoms with Crippen LogP contribution in [0.5, 0.6) is 0 Å². The normalized spacial score (nSPS) is 10.5. The number of hydrogen-bond donors (Lipinski definition) is 2. The Kier molecular flexibility index (Phi) is 4.05. The average molecular weight is 258 g/mol. The molecule has 3 heteroatoms. The Labute approximate surface area is 113 Å². The van der Waals surface area contributed by atoms with Crippen molar-refractivity contribution < 1.29 is 4.39 Å². The molecule has 0 saturated carbocycles. The van der Waals surface area contributed by atoms with Gasteiger partial charge in [0.05, 0.1) is 5.69 Å². The van der Waals surface area contributed by atoms with E-state index in [0.717, 1.165) is 18.7 Å². The molecule has 0 spiro atoms. The number of rotatable bonds is 4. The van der Waals surface area contributed by atoms with Gasteiger partial charge < -0.3 is 11.1 Å². The first-order chi connectivity index (χ1) is 9.06. The predicted octanol–water partition coefficient (Wildman–Crippen LogP) is 3.68. The predicted molar refractivity (Wildman–Crippen MR) is 78.9 cm³/mol. The molecular formula is C16H19FN2. The van der Waals surface area contributed by atoms with Crippen molar-refractivity contribution in [2.24, 2.45) is 0 Å². The summed E-state index contributed by atoms with van der Waals surface area (Å²) in [7, 11) is 0. The van der Waals surface area contributed by atoms with Gasteiger partial charge in [0, 0.05) is 12.2 Å². The molecular weight excluding hydrogens is 239 g/mol. The summed E-state index contributed by atoms with van der Waals surface area (Å²) in [5.41, 5.74) is 10.3. The number of nitrogens with one attached hydrogen (secondary N) is 1. The van der Waals surface area contributed by atoms with Crippen LogP contribution in [0.4, 0.5) is 15.8 Å². The van der Waals surface area contributed by atoms with Crippen molar-refractivity contribution in [3.8, 4) is 0 Å². The molecule has 0 unspecified atom stereocenters. The molecule has 100 valence electrons. The van der Waals surface area contributed by atoms with Crippen molar-refractivity contribution in [1.82, 2.24) is 0 Å². The van der Waals surface area contributed by atoms with E-state index in [2.05, 4.69) is 37.4 Å². The number of nitrogens with two attached hydrogens (primary N) is 1. The molecule has 0 aliphatic carbocycles. The van der Waals surface area contributed by atoms with Gasteiger partial charge in [-0.25, -0.2) is 4.39 Å². The van der Waals surface area contributed by atoms with Crippen molar-refractivity contribution >= 4 is 11.4 Å². The van der Waals surface area contributed by atoms with E-state index in [0.29, 0.717) is 0 Å². The topological polar surface area (TPSA) is 38.0 Å². The first-order valence-electron chi connectivity index (χ1n) is 6.41. The fourth-order valence-corrected chi connectivity index (χ4v) is 2.05. The Bertz CT molecular complexity index is 579. The fraction of sp³-hybridized carbons (Fsp3) is 0.250. The molecule has 2 nitrogen and oxygen atoms in total. The number of nitrogen functional groups attached to an aromatic ring is 1. The minimum Gasteiger partial charge on any atom is -0.396 e. The summed E-state index contributed by atoms with van der Waals surface area (Å²) in [6, 6.07) is 11.2. The second-order valence-electron chi connectivity index (χ2n) is 4.84. The minimum absolute atomic E-state index is 0.181. The van der Waals surface area contributed by atoms with E-state index in [1.165, 1.54) is 22.8 Å². The van der Waals surface area contributed by atoms with E-state index in [-0.39, 0.29) is 11.5 Å². The molecule has 19 heavy (non-hydrogen) atoms. The third kappa shape index (κ3) is 3.47. The Balaban J connectivity index is 1.96. The van der Waals surface area contributed by atoms with Crippen LogP contribution in [0.25, 0.3) is 0 Å². The maximum absolute atomic E-state index is 13.3. The van der Waals surface area contributed by atoms with Crippen LogP contribution in [0, 0.1) is 19.7 Å². The van der Waals surface area contributed by atoms with Gasteiger partial charge in [-0.3, -0.25) is 0 Å². The van der Waals surface area contributed by atoms with Crippen molar-refractivity contribution in [1.29, 1.82) is 0 Å². The van der Waals surface area contributed by atoms with Gasteiger partial charge in [0.25, 0.3) is 0 Å². The molecule has 0 amide bonds. The van der Waals surface area contributed by atoms with Crippen LogP contribution < -0.4 is 11.1 Å². The maximum Gasteiger partial charge on any atom is 0.148 e. The van der Waals surface area contributed by atoms with Gasteiger partial charge in [-0.15, -0.1) is 0 Å². The summed E-state index contributed by atoms with van der Waals surface area (Å²) in [5, 5.41) is 3.21. The van der Waals surface area contributed by atoms with Crippen LogP contribution in [0.1, 0.15) is 16.7 Å². The summed E-state index contributed by atoms with van der Waals surface area (Å²) in [4.78, 5) is 0. The SMILES string of the molecule is Cc1ccc(C)c(CCNc2ccc(N)c(F)c2)c1. The highest BCUT2D eigenvalue weighted by molar-refractivity contribution is 5.52. The Morgan fingerprint density at radius 1 is 1.11 bits per heavy atom. The Morgan fingerprint density at radius 2 is 1.89 bits per heavy atom. The molecule has 0 aliphatic heterocycles. The molecule has 0 aromatic heterocycles. The molecule has 3 N–H and O–H groups in total. The lowest BCUT2D eigenvalue weighted by atomic mass is 10.0. The van der Waals surface area contributed by atoms with Gasteiger partial charge in [-0.2, -0.15) is 0 Å². The molecule has 0 atom stereocenters. The second kappa shape index (κ2) is 5.74. The van der Waals surface area contributed by atoms with Crippen LogP contribution in [-0.4, -0.2) is 6.54 Å². The number of halogens is 1. The quantitative estimate of drug-likeness (QED) is 0.821. The van der Waals surface area contributed by atoms with E-state index in [9.17, 15) is 4.39 Å². The van der Waals surface area contributed by atoms with Crippen LogP contribution >= 0.6 is 0 Å². The van der Waals surface area contributed by atoms with Gasteiger partial charge in [0.1, 0.15) is 5.82 Å². The molecule has 0 saturated heterocycles. The largest absolute Gasteiger partial charge is 0.396 e. The summed E-state index contributed by atoms with van der Waals surface area (Å²) in [6.07, 6.45) is 0.916. The van der Waals surface area contributed by atoms with Gasteiger partial charge >= 0.3 is 0 Å². The number of anilines is 2. The monoisotopic (exact) mass is 258 g/mol. The number of aryl methyl sites for hydroxylation is 2. The van der Waals surface area contributed by atoms with Crippen LogP contribution in [0.15, 0.2) is 36.4 Å². The third-order valence-electron chi connectivity index (χ3n) is 3.23. The molecule has 0 bridgehead atoms. The zero-order valence-corrected chi connectivity index (χ0v) is 11.3. The molecule has 0 heterocycles. The second-order valence-corrected chi connectivity index (χ2v) is 4.84. The first-order valence-corrected chi connectivity index (χ1v) is 6.41. The van der Waals surface area contributed by atoms with Crippen LogP contribution in [0.3, 0.4) is 0 Å². The zero-order valence-electron chi connectivity index (χ0n) is 11.3. The lowest BCUT2D eigenvalue weighted by Crippen LogP contribution is -2.06. The Hall–Kier alpha value is -2.03. The highest BCUT2D eigenvalue weighted by Gasteiger charge is 2.01.